The first-order chi connectivity index (χ1) is 23.6. The normalized spacial score (nSPS) is 22.5. The van der Waals surface area contributed by atoms with Crippen molar-refractivity contribution >= 4 is 43.4 Å². The molecule has 1 aliphatic heterocycles. The van der Waals surface area contributed by atoms with Crippen LogP contribution in [0.4, 0.5) is 0 Å². The molecule has 272 valence electrons. The van der Waals surface area contributed by atoms with Crippen LogP contribution in [0.5, 0.6) is 0 Å². The highest BCUT2D eigenvalue weighted by atomic mass is 32.2. The fraction of sp³-hybridized carbons (Fsp3) is 0.526. The van der Waals surface area contributed by atoms with Crippen molar-refractivity contribution in [3.05, 3.63) is 78.4 Å². The molecule has 1 saturated heterocycles. The summed E-state index contributed by atoms with van der Waals surface area (Å²) in [4.78, 5) is 30.1. The quantitative estimate of drug-likeness (QED) is 0.210. The first-order valence-electron chi connectivity index (χ1n) is 17.6. The lowest BCUT2D eigenvalue weighted by molar-refractivity contribution is -0.133. The molecular weight excluding hydrogens is 673 g/mol. The molecule has 12 heteroatoms. The fourth-order valence-corrected chi connectivity index (χ4v) is 9.43. The molecule has 0 spiro atoms. The van der Waals surface area contributed by atoms with Crippen molar-refractivity contribution in [3.8, 4) is 0 Å². The zero-order valence-corrected chi connectivity index (χ0v) is 31.1. The molecule has 3 aromatic carbocycles. The Bertz CT molecular complexity index is 1760. The van der Waals surface area contributed by atoms with Crippen LogP contribution in [0.15, 0.2) is 77.7 Å². The number of β-amino-alcohol motifs (C(OH)–C–C–N with tert-alkyl or cyclic N) is 1. The zero-order chi connectivity index (χ0) is 36.1. The largest absolute Gasteiger partial charge is 0.390 e. The third kappa shape index (κ3) is 10.7. The Balaban J connectivity index is 1.37. The van der Waals surface area contributed by atoms with E-state index in [1.807, 2.05) is 81.4 Å². The van der Waals surface area contributed by atoms with Crippen molar-refractivity contribution in [2.24, 2.45) is 11.8 Å². The highest BCUT2D eigenvalue weighted by molar-refractivity contribution is 7.89. The van der Waals surface area contributed by atoms with Crippen LogP contribution in [-0.4, -0.2) is 89.3 Å². The predicted octanol–water partition coefficient (Wildman–Crippen LogP) is 3.75. The number of rotatable bonds is 13. The van der Waals surface area contributed by atoms with Gasteiger partial charge in [-0.05, 0) is 80.3 Å². The SMILES string of the molecule is CC(C)(C)NC(=O)C1C[C@@H]2CCCC[C@@H]2CN1C[C@@H](O)[C@H](Cc1ccccc1)NC(=O)[C@@H](CS(=O)c1ccc2ccccc2c1)NS(C)(=O)=O. The molecule has 5 rings (SSSR count). The van der Waals surface area contributed by atoms with E-state index in [1.54, 1.807) is 12.1 Å². The summed E-state index contributed by atoms with van der Waals surface area (Å²) in [6.07, 6.45) is 5.36. The number of nitrogens with zero attached hydrogens (tertiary/aromatic N) is 1. The first kappa shape index (κ1) is 38.1. The number of carbonyl (C=O) groups excluding carboxylic acids is 2. The fourth-order valence-electron chi connectivity index (χ4n) is 7.41. The number of likely N-dealkylation sites (tertiary alicyclic amines) is 1. The summed E-state index contributed by atoms with van der Waals surface area (Å²) in [5.41, 5.74) is 0.459. The van der Waals surface area contributed by atoms with E-state index in [0.29, 0.717) is 23.3 Å². The Morgan fingerprint density at radius 1 is 0.960 bits per heavy atom. The van der Waals surface area contributed by atoms with Gasteiger partial charge in [0.15, 0.2) is 0 Å². The summed E-state index contributed by atoms with van der Waals surface area (Å²) in [7, 11) is -5.59. The number of piperidine rings is 1. The lowest BCUT2D eigenvalue weighted by Gasteiger charge is -2.47. The molecule has 2 unspecified atom stereocenters. The topological polar surface area (TPSA) is 145 Å². The molecule has 1 aliphatic carbocycles. The number of aliphatic hydroxyl groups is 1. The van der Waals surface area contributed by atoms with Gasteiger partial charge in [0.05, 0.1) is 41.0 Å². The van der Waals surface area contributed by atoms with Gasteiger partial charge in [-0.1, -0.05) is 79.9 Å². The summed E-state index contributed by atoms with van der Waals surface area (Å²) in [5.74, 6) is -0.150. The van der Waals surface area contributed by atoms with E-state index in [4.69, 9.17) is 0 Å². The molecule has 10 nitrogen and oxygen atoms in total. The third-order valence-electron chi connectivity index (χ3n) is 9.79. The average molecular weight is 725 g/mol. The average Bonchev–Trinajstić information content (AvgIpc) is 3.06. The Morgan fingerprint density at radius 3 is 2.30 bits per heavy atom. The summed E-state index contributed by atoms with van der Waals surface area (Å²) in [5, 5.41) is 19.8. The van der Waals surface area contributed by atoms with Gasteiger partial charge in [0.2, 0.25) is 21.8 Å². The monoisotopic (exact) mass is 724 g/mol. The summed E-state index contributed by atoms with van der Waals surface area (Å²) >= 11 is 0. The van der Waals surface area contributed by atoms with Crippen LogP contribution < -0.4 is 15.4 Å². The van der Waals surface area contributed by atoms with Crippen LogP contribution in [0.1, 0.15) is 58.4 Å². The van der Waals surface area contributed by atoms with E-state index < -0.39 is 56.5 Å². The minimum absolute atomic E-state index is 0.0639. The molecule has 3 aromatic rings. The maximum atomic E-state index is 14.0. The van der Waals surface area contributed by atoms with Gasteiger partial charge in [-0.3, -0.25) is 18.7 Å². The number of amides is 2. The third-order valence-corrected chi connectivity index (χ3v) is 11.9. The van der Waals surface area contributed by atoms with E-state index in [0.717, 1.165) is 54.7 Å². The molecular formula is C38H52N4O6S2. The Morgan fingerprint density at radius 2 is 1.62 bits per heavy atom. The van der Waals surface area contributed by atoms with Crippen molar-refractivity contribution < 1.29 is 27.3 Å². The standard InChI is InChI=1S/C38H52N4O6S2/c1-38(2,3)40-37(45)34-22-29-16-10-11-17-30(29)23-42(34)24-35(43)32(20-26-12-6-5-7-13-26)39-36(44)33(41-50(4,47)48)25-49(46)31-19-18-27-14-8-9-15-28(27)21-31/h5-9,12-15,18-19,21,29-30,32-35,41,43H,10-11,16-17,20,22-25H2,1-4H3,(H,39,44)(H,40,45)/t29-,30+,32-,33+,34?,35+,49?/m0/s1. The molecule has 0 radical (unpaired) electrons. The molecule has 0 bridgehead atoms. The van der Waals surface area contributed by atoms with Gasteiger partial charge in [-0.25, -0.2) is 13.1 Å². The summed E-state index contributed by atoms with van der Waals surface area (Å²) < 4.78 is 40.8. The van der Waals surface area contributed by atoms with E-state index in [2.05, 4.69) is 20.3 Å². The van der Waals surface area contributed by atoms with Crippen molar-refractivity contribution in [3.63, 3.8) is 0 Å². The van der Waals surface area contributed by atoms with Gasteiger partial charge in [0, 0.05) is 23.5 Å². The van der Waals surface area contributed by atoms with E-state index in [1.165, 1.54) is 0 Å². The molecule has 1 heterocycles. The Labute approximate surface area is 299 Å². The molecule has 4 N–H and O–H groups in total. The number of hydrogen-bond acceptors (Lipinski definition) is 7. The van der Waals surface area contributed by atoms with E-state index in [-0.39, 0.29) is 24.6 Å². The van der Waals surface area contributed by atoms with Crippen LogP contribution in [0, 0.1) is 11.8 Å². The van der Waals surface area contributed by atoms with Gasteiger partial charge < -0.3 is 15.7 Å². The number of hydrogen-bond donors (Lipinski definition) is 4. The summed E-state index contributed by atoms with van der Waals surface area (Å²) in [6, 6.07) is 19.8. The smallest absolute Gasteiger partial charge is 0.239 e. The number of sulfonamides is 1. The van der Waals surface area contributed by atoms with Crippen molar-refractivity contribution in [2.75, 3.05) is 25.1 Å². The molecule has 1 saturated carbocycles. The second-order valence-corrected chi connectivity index (χ2v) is 18.4. The number of fused-ring (bicyclic) bond motifs is 2. The summed E-state index contributed by atoms with van der Waals surface area (Å²) in [6.45, 7) is 6.69. The number of nitrogens with one attached hydrogen (secondary N) is 3. The van der Waals surface area contributed by atoms with Crippen LogP contribution in [0.2, 0.25) is 0 Å². The van der Waals surface area contributed by atoms with Gasteiger partial charge >= 0.3 is 0 Å². The van der Waals surface area contributed by atoms with Crippen LogP contribution >= 0.6 is 0 Å². The highest BCUT2D eigenvalue weighted by Gasteiger charge is 2.42. The second kappa shape index (κ2) is 16.5. The number of benzene rings is 3. The maximum absolute atomic E-state index is 14.0. The second-order valence-electron chi connectivity index (χ2n) is 15.1. The van der Waals surface area contributed by atoms with Gasteiger partial charge in [-0.2, -0.15) is 0 Å². The van der Waals surface area contributed by atoms with Crippen LogP contribution in [0.25, 0.3) is 10.8 Å². The molecule has 2 aliphatic rings. The van der Waals surface area contributed by atoms with Crippen LogP contribution in [0.3, 0.4) is 0 Å². The molecule has 2 amide bonds. The molecule has 7 atom stereocenters. The minimum Gasteiger partial charge on any atom is -0.390 e. The molecule has 2 fully saturated rings. The van der Waals surface area contributed by atoms with Crippen LogP contribution in [-0.2, 0) is 36.8 Å². The van der Waals surface area contributed by atoms with E-state index >= 15 is 0 Å². The first-order valence-corrected chi connectivity index (χ1v) is 20.8. The predicted molar refractivity (Wildman–Crippen MR) is 198 cm³/mol. The van der Waals surface area contributed by atoms with Crippen molar-refractivity contribution in [2.45, 2.75) is 94.0 Å². The molecule has 50 heavy (non-hydrogen) atoms. The highest BCUT2D eigenvalue weighted by Crippen LogP contribution is 2.39. The zero-order valence-electron chi connectivity index (χ0n) is 29.5. The van der Waals surface area contributed by atoms with Gasteiger partial charge in [-0.15, -0.1) is 0 Å². The number of carbonyl (C=O) groups is 2. The molecule has 0 aromatic heterocycles. The maximum Gasteiger partial charge on any atom is 0.239 e. The lowest BCUT2D eigenvalue weighted by Crippen LogP contribution is -2.61. The Hall–Kier alpha value is -3.16. The van der Waals surface area contributed by atoms with E-state index in [9.17, 15) is 27.3 Å². The van der Waals surface area contributed by atoms with Crippen molar-refractivity contribution in [1.29, 1.82) is 0 Å². The Kier molecular flexibility index (Phi) is 12.5. The van der Waals surface area contributed by atoms with Crippen molar-refractivity contribution in [1.82, 2.24) is 20.3 Å². The number of aliphatic hydroxyl groups excluding tert-OH is 1. The lowest BCUT2D eigenvalue weighted by atomic mass is 9.72. The minimum atomic E-state index is -3.87. The van der Waals surface area contributed by atoms with Gasteiger partial charge in [0.1, 0.15) is 6.04 Å². The van der Waals surface area contributed by atoms with Gasteiger partial charge in [0.25, 0.3) is 0 Å².